The fourth-order valence-corrected chi connectivity index (χ4v) is 4.35. The van der Waals surface area contributed by atoms with Gasteiger partial charge in [0.15, 0.2) is 5.78 Å². The molecular formula is C35H41FIrNO2-. The molecule has 0 atom stereocenters. The van der Waals surface area contributed by atoms with Gasteiger partial charge in [0, 0.05) is 43.2 Å². The Bertz CT molecular complexity index is 1530. The summed E-state index contributed by atoms with van der Waals surface area (Å²) in [6.07, 6.45) is 4.78. The number of benzene rings is 3. The van der Waals surface area contributed by atoms with E-state index in [0.717, 1.165) is 56.8 Å². The van der Waals surface area contributed by atoms with Crippen LogP contribution in [0.4, 0.5) is 4.39 Å². The summed E-state index contributed by atoms with van der Waals surface area (Å²) in [4.78, 5) is 16.4. The Balaban J connectivity index is 0.000000307. The Kier molecular flexibility index (Phi) is 11.0. The molecule has 0 bridgehead atoms. The van der Waals surface area contributed by atoms with E-state index < -0.39 is 0 Å². The van der Waals surface area contributed by atoms with Crippen LogP contribution in [0.15, 0.2) is 60.5 Å². The first-order chi connectivity index (χ1) is 18.2. The largest absolute Gasteiger partial charge is 0.512 e. The van der Waals surface area contributed by atoms with Gasteiger partial charge in [-0.2, -0.15) is 0 Å². The third-order valence-electron chi connectivity index (χ3n) is 7.85. The molecule has 5 heteroatoms. The molecule has 0 aliphatic carbocycles. The first kappa shape index (κ1) is 33.3. The van der Waals surface area contributed by atoms with Crippen molar-refractivity contribution in [2.45, 2.75) is 75.2 Å². The van der Waals surface area contributed by atoms with Crippen LogP contribution in [0.2, 0.25) is 0 Å². The zero-order valence-electron chi connectivity index (χ0n) is 25.1. The number of hydrogen-bond acceptors (Lipinski definition) is 3. The summed E-state index contributed by atoms with van der Waals surface area (Å²) in [5.74, 6) is -0.00984. The van der Waals surface area contributed by atoms with E-state index in [4.69, 9.17) is 0 Å². The number of aromatic nitrogens is 1. The van der Waals surface area contributed by atoms with Gasteiger partial charge in [0.1, 0.15) is 11.6 Å². The molecule has 3 nitrogen and oxygen atoms in total. The zero-order valence-corrected chi connectivity index (χ0v) is 27.5. The summed E-state index contributed by atoms with van der Waals surface area (Å²) in [5.41, 5.74) is 4.41. The van der Waals surface area contributed by atoms with Gasteiger partial charge in [-0.25, -0.2) is 4.39 Å². The Morgan fingerprint density at radius 1 is 0.900 bits per heavy atom. The second-order valence-electron chi connectivity index (χ2n) is 11.8. The van der Waals surface area contributed by atoms with Crippen molar-refractivity contribution in [1.82, 2.24) is 4.98 Å². The molecule has 0 aliphatic rings. The SMILES string of the molecule is CCC(C)(C)C(=O)/C=C(\O)C(C)(C)CC.Cc1[c-]c(-c2nccc3c2ccc2c(C)cc(F)cc23)cc(C)c1.[Ir]. The molecule has 4 aromatic rings. The maximum absolute atomic E-state index is 13.9. The number of carbonyl (C=O) groups is 1. The topological polar surface area (TPSA) is 50.2 Å². The number of carbonyl (C=O) groups excluding carboxylic acids is 1. The summed E-state index contributed by atoms with van der Waals surface area (Å²) in [6.45, 7) is 17.7. The summed E-state index contributed by atoms with van der Waals surface area (Å²) in [6, 6.07) is 16.9. The van der Waals surface area contributed by atoms with E-state index in [-0.39, 0.29) is 48.3 Å². The standard InChI is InChI=1S/C22H17FN.C13H24O2.Ir/c1-13-8-14(2)10-16(9-13)22-20-5-4-18-15(3)11-17(23)12-21(18)19(20)6-7-24-22;1-7-12(3,4)10(14)9-11(15)13(5,6)8-2;/h4-9,11-12H,1-3H3;9,14H,7-8H2,1-6H3;/q-1;;/b;10-9-;. The number of fused-ring (bicyclic) bond motifs is 3. The number of aliphatic hydroxyl groups is 1. The van der Waals surface area contributed by atoms with Gasteiger partial charge in [0.2, 0.25) is 0 Å². The molecule has 4 rings (SSSR count). The van der Waals surface area contributed by atoms with Crippen molar-refractivity contribution in [3.05, 3.63) is 89.1 Å². The molecule has 1 heterocycles. The van der Waals surface area contributed by atoms with Crippen molar-refractivity contribution >= 4 is 27.3 Å². The number of hydrogen-bond donors (Lipinski definition) is 1. The zero-order chi connectivity index (χ0) is 29.1. The molecule has 0 saturated heterocycles. The molecule has 0 aliphatic heterocycles. The van der Waals surface area contributed by atoms with E-state index in [1.807, 2.05) is 61.5 Å². The van der Waals surface area contributed by atoms with Gasteiger partial charge in [-0.05, 0) is 70.8 Å². The van der Waals surface area contributed by atoms with E-state index in [1.165, 1.54) is 11.6 Å². The number of nitrogens with zero attached hydrogens (tertiary/aromatic N) is 1. The molecule has 0 amide bonds. The van der Waals surface area contributed by atoms with Crippen molar-refractivity contribution in [3.8, 4) is 11.3 Å². The van der Waals surface area contributed by atoms with Gasteiger partial charge in [0.05, 0.1) is 0 Å². The number of pyridine rings is 1. The van der Waals surface area contributed by atoms with Crippen LogP contribution in [0.1, 0.15) is 71.1 Å². The van der Waals surface area contributed by atoms with E-state index in [1.54, 1.807) is 18.3 Å². The smallest absolute Gasteiger partial charge is 0.164 e. The van der Waals surface area contributed by atoms with Crippen LogP contribution in [0, 0.1) is 43.5 Å². The maximum atomic E-state index is 13.9. The quantitative estimate of drug-likeness (QED) is 0.0935. The first-order valence-electron chi connectivity index (χ1n) is 13.6. The van der Waals surface area contributed by atoms with E-state index in [9.17, 15) is 14.3 Å². The van der Waals surface area contributed by atoms with Gasteiger partial charge in [-0.1, -0.05) is 67.5 Å². The minimum atomic E-state index is -0.377. The van der Waals surface area contributed by atoms with Gasteiger partial charge < -0.3 is 10.1 Å². The van der Waals surface area contributed by atoms with Crippen LogP contribution in [0.3, 0.4) is 0 Å². The van der Waals surface area contributed by atoms with E-state index in [2.05, 4.69) is 42.2 Å². The molecule has 215 valence electrons. The molecule has 0 unspecified atom stereocenters. The van der Waals surface area contributed by atoms with Crippen LogP contribution >= 0.6 is 0 Å². The monoisotopic (exact) mass is 719 g/mol. The van der Waals surface area contributed by atoms with E-state index >= 15 is 0 Å². The summed E-state index contributed by atoms with van der Waals surface area (Å²) >= 11 is 0. The first-order valence-corrected chi connectivity index (χ1v) is 13.6. The van der Waals surface area contributed by atoms with Crippen molar-refractivity contribution in [3.63, 3.8) is 0 Å². The predicted molar refractivity (Wildman–Crippen MR) is 162 cm³/mol. The van der Waals surface area contributed by atoms with Crippen molar-refractivity contribution < 1.29 is 34.4 Å². The molecule has 0 fully saturated rings. The fourth-order valence-electron chi connectivity index (χ4n) is 4.35. The molecule has 0 saturated carbocycles. The molecule has 0 spiro atoms. The minimum Gasteiger partial charge on any atom is -0.512 e. The summed E-state index contributed by atoms with van der Waals surface area (Å²) < 4.78 is 13.9. The molecule has 3 aromatic carbocycles. The Morgan fingerprint density at radius 2 is 1.52 bits per heavy atom. The second kappa shape index (κ2) is 13.2. The maximum Gasteiger partial charge on any atom is 0.164 e. The average Bonchev–Trinajstić information content (AvgIpc) is 2.87. The predicted octanol–water partition coefficient (Wildman–Crippen LogP) is 9.79. The third kappa shape index (κ3) is 7.44. The molecule has 40 heavy (non-hydrogen) atoms. The van der Waals surface area contributed by atoms with Crippen molar-refractivity contribution in [2.24, 2.45) is 10.8 Å². The van der Waals surface area contributed by atoms with Gasteiger partial charge in [-0.15, -0.1) is 34.9 Å². The number of allylic oxidation sites excluding steroid dienone is 2. The van der Waals surface area contributed by atoms with Crippen LogP contribution in [-0.4, -0.2) is 15.9 Å². The number of aliphatic hydroxyl groups excluding tert-OH is 1. The third-order valence-corrected chi connectivity index (χ3v) is 7.85. The van der Waals surface area contributed by atoms with Gasteiger partial charge in [-0.3, -0.25) is 4.79 Å². The molecule has 1 N–H and O–H groups in total. The molecular weight excluding hydrogens is 678 g/mol. The Morgan fingerprint density at radius 3 is 2.12 bits per heavy atom. The van der Waals surface area contributed by atoms with E-state index in [0.29, 0.717) is 0 Å². The van der Waals surface area contributed by atoms with Crippen molar-refractivity contribution in [1.29, 1.82) is 0 Å². The van der Waals surface area contributed by atoms with Gasteiger partial charge >= 0.3 is 0 Å². The number of rotatable bonds is 6. The van der Waals surface area contributed by atoms with Gasteiger partial charge in [0.25, 0.3) is 0 Å². The Hall–Kier alpha value is -2.88. The number of halogens is 1. The number of aryl methyl sites for hydroxylation is 3. The van der Waals surface area contributed by atoms with Crippen LogP contribution in [0.25, 0.3) is 32.8 Å². The minimum absolute atomic E-state index is 0. The Labute approximate surface area is 252 Å². The normalized spacial score (nSPS) is 12.1. The molecule has 1 aromatic heterocycles. The second-order valence-corrected chi connectivity index (χ2v) is 11.8. The van der Waals surface area contributed by atoms with Crippen LogP contribution < -0.4 is 0 Å². The molecule has 1 radical (unpaired) electrons. The number of ketones is 1. The average molecular weight is 719 g/mol. The van der Waals surface area contributed by atoms with Crippen LogP contribution in [-0.2, 0) is 24.9 Å². The summed E-state index contributed by atoms with van der Waals surface area (Å²) in [7, 11) is 0. The van der Waals surface area contributed by atoms with Crippen LogP contribution in [0.5, 0.6) is 0 Å². The van der Waals surface area contributed by atoms with Crippen molar-refractivity contribution in [2.75, 3.05) is 0 Å². The fraction of sp³-hybridized carbons (Fsp3) is 0.371. The summed E-state index contributed by atoms with van der Waals surface area (Å²) in [5, 5.41) is 13.9.